The van der Waals surface area contributed by atoms with Crippen LogP contribution >= 0.6 is 0 Å². The van der Waals surface area contributed by atoms with Gasteiger partial charge in [-0.3, -0.25) is 4.79 Å². The van der Waals surface area contributed by atoms with Crippen LogP contribution in [0.15, 0.2) is 55.0 Å². The molecular weight excluding hydrogens is 314 g/mol. The highest BCUT2D eigenvalue weighted by Crippen LogP contribution is 2.24. The summed E-state index contributed by atoms with van der Waals surface area (Å²) < 4.78 is 1.83. The minimum atomic E-state index is -0.540. The number of aryl methyl sites for hydroxylation is 1. The number of aromatic nitrogens is 2. The first-order chi connectivity index (χ1) is 12.1. The van der Waals surface area contributed by atoms with Crippen molar-refractivity contribution < 1.29 is 9.90 Å². The Hall–Kier alpha value is -2.66. The summed E-state index contributed by atoms with van der Waals surface area (Å²) in [5.74, 6) is -0.225. The molecular formula is C20H23N3O2. The van der Waals surface area contributed by atoms with Gasteiger partial charge in [0.05, 0.1) is 18.5 Å². The standard InChI is InChI=1S/C20H23N3O2/c1-14(24)19(23-12-18(22-13-23)20(25)21-2)11-10-16-8-5-7-15-6-3-4-9-17(15)16/h3-9,12-14,19,24H,10-11H2,1-2H3,(H,21,25)/t14-,19+/m0/s1. The third kappa shape index (κ3) is 3.72. The number of fused-ring (bicyclic) bond motifs is 1. The minimum Gasteiger partial charge on any atom is -0.391 e. The summed E-state index contributed by atoms with van der Waals surface area (Å²) in [6, 6.07) is 14.5. The zero-order valence-electron chi connectivity index (χ0n) is 14.5. The molecule has 2 N–H and O–H groups in total. The van der Waals surface area contributed by atoms with Gasteiger partial charge in [-0.15, -0.1) is 0 Å². The molecule has 2 aromatic carbocycles. The van der Waals surface area contributed by atoms with Crippen LogP contribution < -0.4 is 5.32 Å². The number of amides is 1. The quantitative estimate of drug-likeness (QED) is 0.727. The molecule has 0 aliphatic heterocycles. The Morgan fingerprint density at radius 2 is 2.00 bits per heavy atom. The van der Waals surface area contributed by atoms with Crippen LogP contribution in [-0.4, -0.2) is 33.7 Å². The van der Waals surface area contributed by atoms with Crippen LogP contribution in [0.1, 0.15) is 35.4 Å². The van der Waals surface area contributed by atoms with Gasteiger partial charge in [-0.25, -0.2) is 4.98 Å². The average Bonchev–Trinajstić information content (AvgIpc) is 3.11. The average molecular weight is 337 g/mol. The summed E-state index contributed by atoms with van der Waals surface area (Å²) in [6.07, 6.45) is 4.37. The molecule has 0 unspecified atom stereocenters. The van der Waals surface area contributed by atoms with Crippen molar-refractivity contribution in [3.05, 3.63) is 66.2 Å². The first-order valence-corrected chi connectivity index (χ1v) is 8.50. The number of hydrogen-bond donors (Lipinski definition) is 2. The summed E-state index contributed by atoms with van der Waals surface area (Å²) in [5.41, 5.74) is 1.62. The molecule has 1 heterocycles. The molecule has 0 fully saturated rings. The van der Waals surface area contributed by atoms with Gasteiger partial charge in [-0.05, 0) is 36.1 Å². The number of imidazole rings is 1. The highest BCUT2D eigenvalue weighted by molar-refractivity contribution is 5.91. The number of hydrogen-bond acceptors (Lipinski definition) is 3. The zero-order valence-corrected chi connectivity index (χ0v) is 14.5. The van der Waals surface area contributed by atoms with E-state index < -0.39 is 6.10 Å². The van der Waals surface area contributed by atoms with Crippen LogP contribution in [0.25, 0.3) is 10.8 Å². The summed E-state index contributed by atoms with van der Waals surface area (Å²) in [5, 5.41) is 15.2. The van der Waals surface area contributed by atoms with E-state index in [1.165, 1.54) is 16.3 Å². The fraction of sp³-hybridized carbons (Fsp3) is 0.300. The molecule has 3 aromatic rings. The third-order valence-electron chi connectivity index (χ3n) is 4.59. The molecule has 130 valence electrons. The number of aliphatic hydroxyl groups is 1. The van der Waals surface area contributed by atoms with Gasteiger partial charge in [-0.1, -0.05) is 42.5 Å². The van der Waals surface area contributed by atoms with Crippen LogP contribution in [-0.2, 0) is 6.42 Å². The smallest absolute Gasteiger partial charge is 0.271 e. The minimum absolute atomic E-state index is 0.134. The molecule has 0 saturated carbocycles. The topological polar surface area (TPSA) is 67.2 Å². The van der Waals surface area contributed by atoms with E-state index in [2.05, 4.69) is 40.6 Å². The second kappa shape index (κ2) is 7.49. The lowest BCUT2D eigenvalue weighted by Crippen LogP contribution is -2.22. The van der Waals surface area contributed by atoms with Gasteiger partial charge in [0.15, 0.2) is 0 Å². The van der Waals surface area contributed by atoms with E-state index in [1.807, 2.05) is 16.7 Å². The second-order valence-electron chi connectivity index (χ2n) is 6.27. The number of nitrogens with one attached hydrogen (secondary N) is 1. The highest BCUT2D eigenvalue weighted by Gasteiger charge is 2.19. The van der Waals surface area contributed by atoms with Gasteiger partial charge in [0.1, 0.15) is 5.69 Å². The molecule has 1 amide bonds. The van der Waals surface area contributed by atoms with E-state index in [-0.39, 0.29) is 11.9 Å². The number of carbonyl (C=O) groups is 1. The normalized spacial score (nSPS) is 13.6. The number of nitrogens with zero attached hydrogens (tertiary/aromatic N) is 2. The molecule has 0 saturated heterocycles. The van der Waals surface area contributed by atoms with Gasteiger partial charge >= 0.3 is 0 Å². The van der Waals surface area contributed by atoms with Crippen LogP contribution in [0.2, 0.25) is 0 Å². The maximum atomic E-state index is 11.7. The van der Waals surface area contributed by atoms with Crippen LogP contribution in [0.3, 0.4) is 0 Å². The maximum Gasteiger partial charge on any atom is 0.271 e. The first kappa shape index (κ1) is 17.2. The van der Waals surface area contributed by atoms with Crippen LogP contribution in [0.5, 0.6) is 0 Å². The predicted molar refractivity (Wildman–Crippen MR) is 98.6 cm³/mol. The van der Waals surface area contributed by atoms with E-state index in [4.69, 9.17) is 0 Å². The van der Waals surface area contributed by atoms with Crippen molar-refractivity contribution in [2.75, 3.05) is 7.05 Å². The lowest BCUT2D eigenvalue weighted by molar-refractivity contribution is 0.0957. The molecule has 5 heteroatoms. The Morgan fingerprint density at radius 3 is 2.76 bits per heavy atom. The zero-order chi connectivity index (χ0) is 17.8. The first-order valence-electron chi connectivity index (χ1n) is 8.50. The van der Waals surface area contributed by atoms with E-state index in [9.17, 15) is 9.90 Å². The fourth-order valence-electron chi connectivity index (χ4n) is 3.22. The molecule has 0 aliphatic carbocycles. The molecule has 0 bridgehead atoms. The lowest BCUT2D eigenvalue weighted by Gasteiger charge is -2.21. The Labute approximate surface area is 147 Å². The summed E-state index contributed by atoms with van der Waals surface area (Å²) in [4.78, 5) is 15.8. The Kier molecular flexibility index (Phi) is 5.14. The van der Waals surface area contributed by atoms with E-state index in [0.717, 1.165) is 12.8 Å². The van der Waals surface area contributed by atoms with Crippen molar-refractivity contribution >= 4 is 16.7 Å². The fourth-order valence-corrected chi connectivity index (χ4v) is 3.22. The monoisotopic (exact) mass is 337 g/mol. The van der Waals surface area contributed by atoms with Crippen molar-refractivity contribution in [2.24, 2.45) is 0 Å². The van der Waals surface area contributed by atoms with Crippen LogP contribution in [0, 0.1) is 0 Å². The molecule has 5 nitrogen and oxygen atoms in total. The Bertz CT molecular complexity index is 865. The number of rotatable bonds is 6. The van der Waals surface area contributed by atoms with Gasteiger partial charge in [0, 0.05) is 13.2 Å². The molecule has 2 atom stereocenters. The second-order valence-corrected chi connectivity index (χ2v) is 6.27. The molecule has 1 aromatic heterocycles. The highest BCUT2D eigenvalue weighted by atomic mass is 16.3. The molecule has 0 radical (unpaired) electrons. The third-order valence-corrected chi connectivity index (χ3v) is 4.59. The predicted octanol–water partition coefficient (Wildman–Crippen LogP) is 2.95. The van der Waals surface area contributed by atoms with Crippen molar-refractivity contribution in [3.63, 3.8) is 0 Å². The summed E-state index contributed by atoms with van der Waals surface area (Å²) in [7, 11) is 1.58. The van der Waals surface area contributed by atoms with Crippen molar-refractivity contribution in [2.45, 2.75) is 31.9 Å². The maximum absolute atomic E-state index is 11.7. The molecule has 25 heavy (non-hydrogen) atoms. The largest absolute Gasteiger partial charge is 0.391 e. The molecule has 3 rings (SSSR count). The van der Waals surface area contributed by atoms with Gasteiger partial charge in [0.25, 0.3) is 5.91 Å². The lowest BCUT2D eigenvalue weighted by atomic mass is 9.97. The number of carbonyl (C=O) groups excluding carboxylic acids is 1. The Balaban J connectivity index is 1.80. The number of aliphatic hydroxyl groups excluding tert-OH is 1. The number of benzene rings is 2. The summed E-state index contributed by atoms with van der Waals surface area (Å²) in [6.45, 7) is 1.77. The van der Waals surface area contributed by atoms with E-state index in [1.54, 1.807) is 26.5 Å². The van der Waals surface area contributed by atoms with Crippen molar-refractivity contribution in [3.8, 4) is 0 Å². The van der Waals surface area contributed by atoms with Crippen LogP contribution in [0.4, 0.5) is 0 Å². The van der Waals surface area contributed by atoms with Crippen molar-refractivity contribution in [1.29, 1.82) is 0 Å². The summed E-state index contributed by atoms with van der Waals surface area (Å²) >= 11 is 0. The van der Waals surface area contributed by atoms with Gasteiger partial charge < -0.3 is 15.0 Å². The SMILES string of the molecule is CNC(=O)c1cn([C@H](CCc2cccc3ccccc23)[C@H](C)O)cn1. The Morgan fingerprint density at radius 1 is 1.24 bits per heavy atom. The molecule has 0 spiro atoms. The van der Waals surface area contributed by atoms with Crippen molar-refractivity contribution in [1.82, 2.24) is 14.9 Å². The molecule has 0 aliphatic rings. The van der Waals surface area contributed by atoms with Gasteiger partial charge in [-0.2, -0.15) is 0 Å². The van der Waals surface area contributed by atoms with E-state index >= 15 is 0 Å². The van der Waals surface area contributed by atoms with E-state index in [0.29, 0.717) is 5.69 Å². The van der Waals surface area contributed by atoms with Gasteiger partial charge in [0.2, 0.25) is 0 Å².